The average Bonchev–Trinajstić information content (AvgIpc) is 2.33. The van der Waals surface area contributed by atoms with Crippen LogP contribution in [0.25, 0.3) is 0 Å². The van der Waals surface area contributed by atoms with Crippen LogP contribution in [0.2, 0.25) is 18.1 Å². The van der Waals surface area contributed by atoms with Gasteiger partial charge in [0.1, 0.15) is 0 Å². The maximum Gasteiger partial charge on any atom is 0.416 e. The van der Waals surface area contributed by atoms with Gasteiger partial charge < -0.3 is 15.5 Å². The van der Waals surface area contributed by atoms with E-state index in [1.807, 2.05) is 0 Å². The second-order valence-corrected chi connectivity index (χ2v) is 11.6. The molecule has 3 nitrogen and oxygen atoms in total. The normalized spacial score (nSPS) is 13.3. The first-order chi connectivity index (χ1) is 9.84. The van der Waals surface area contributed by atoms with Crippen LogP contribution in [-0.2, 0) is 10.6 Å². The molecule has 3 N–H and O–H groups in total. The van der Waals surface area contributed by atoms with Gasteiger partial charge in [0.2, 0.25) is 0 Å². The molecule has 1 rings (SSSR count). The Hall–Kier alpha value is -1.21. The van der Waals surface area contributed by atoms with E-state index in [1.165, 1.54) is 6.07 Å². The van der Waals surface area contributed by atoms with Gasteiger partial charge in [-0.05, 0) is 36.3 Å². The second kappa shape index (κ2) is 6.50. The average molecular weight is 334 g/mol. The standard InChI is InChI=1S/C15H25F3N2OSi/c1-14(2,3)22(4,5)21-9-8-20-13-7-6-11(10-12(13)19)15(16,17)18/h6-7,10,20H,8-9,19H2,1-5H3. The van der Waals surface area contributed by atoms with Gasteiger partial charge in [-0.3, -0.25) is 0 Å². The van der Waals surface area contributed by atoms with Crippen LogP contribution < -0.4 is 11.1 Å². The van der Waals surface area contributed by atoms with Gasteiger partial charge >= 0.3 is 6.18 Å². The molecule has 0 amide bonds. The quantitative estimate of drug-likeness (QED) is 0.465. The van der Waals surface area contributed by atoms with E-state index in [0.717, 1.165) is 12.1 Å². The summed E-state index contributed by atoms with van der Waals surface area (Å²) in [6.45, 7) is 11.8. The highest BCUT2D eigenvalue weighted by Gasteiger charge is 2.36. The highest BCUT2D eigenvalue weighted by Crippen LogP contribution is 2.36. The van der Waals surface area contributed by atoms with Crippen LogP contribution >= 0.6 is 0 Å². The van der Waals surface area contributed by atoms with Gasteiger partial charge in [-0.15, -0.1) is 0 Å². The third kappa shape index (κ3) is 4.91. The molecule has 7 heteroatoms. The SMILES string of the molecule is CC(C)(C)[Si](C)(C)OCCNc1ccc(C(F)(F)F)cc1N. The lowest BCUT2D eigenvalue weighted by Crippen LogP contribution is -2.41. The second-order valence-electron chi connectivity index (χ2n) is 6.84. The molecule has 22 heavy (non-hydrogen) atoms. The summed E-state index contributed by atoms with van der Waals surface area (Å²) in [6, 6.07) is 3.31. The summed E-state index contributed by atoms with van der Waals surface area (Å²) in [5.41, 5.74) is 5.50. The molecule has 0 unspecified atom stereocenters. The number of alkyl halides is 3. The molecule has 0 bridgehead atoms. The summed E-state index contributed by atoms with van der Waals surface area (Å²) >= 11 is 0. The third-order valence-corrected chi connectivity index (χ3v) is 8.60. The zero-order chi connectivity index (χ0) is 17.2. The molecule has 0 saturated carbocycles. The molecule has 0 aliphatic carbocycles. The van der Waals surface area contributed by atoms with Gasteiger partial charge in [-0.1, -0.05) is 20.8 Å². The van der Waals surface area contributed by atoms with Gasteiger partial charge in [0.25, 0.3) is 0 Å². The molecule has 0 radical (unpaired) electrons. The van der Waals surface area contributed by atoms with Crippen molar-refractivity contribution in [3.8, 4) is 0 Å². The molecule has 0 aliphatic rings. The van der Waals surface area contributed by atoms with E-state index in [-0.39, 0.29) is 10.7 Å². The first-order valence-electron chi connectivity index (χ1n) is 7.19. The van der Waals surface area contributed by atoms with E-state index in [0.29, 0.717) is 18.8 Å². The summed E-state index contributed by atoms with van der Waals surface area (Å²) in [5.74, 6) is 0. The number of nitrogen functional groups attached to an aromatic ring is 1. The van der Waals surface area contributed by atoms with Crippen molar-refractivity contribution in [2.24, 2.45) is 0 Å². The molecular formula is C15H25F3N2OSi. The zero-order valence-electron chi connectivity index (χ0n) is 13.8. The molecule has 0 fully saturated rings. The predicted octanol–water partition coefficient (Wildman–Crippen LogP) is 4.72. The zero-order valence-corrected chi connectivity index (χ0v) is 14.8. The largest absolute Gasteiger partial charge is 0.416 e. The van der Waals surface area contributed by atoms with E-state index in [4.69, 9.17) is 10.2 Å². The molecule has 0 heterocycles. The fourth-order valence-electron chi connectivity index (χ4n) is 1.61. The highest BCUT2D eigenvalue weighted by molar-refractivity contribution is 6.74. The van der Waals surface area contributed by atoms with Crippen molar-refractivity contribution in [3.05, 3.63) is 23.8 Å². The first-order valence-corrected chi connectivity index (χ1v) is 10.1. The van der Waals surface area contributed by atoms with Crippen LogP contribution in [0, 0.1) is 0 Å². The van der Waals surface area contributed by atoms with Crippen LogP contribution in [0.3, 0.4) is 0 Å². The Bertz CT molecular complexity index is 510. The number of nitrogens with one attached hydrogen (secondary N) is 1. The van der Waals surface area contributed by atoms with E-state index in [9.17, 15) is 13.2 Å². The Balaban J connectivity index is 2.57. The van der Waals surface area contributed by atoms with Gasteiger partial charge in [-0.25, -0.2) is 0 Å². The van der Waals surface area contributed by atoms with Gasteiger partial charge in [0.15, 0.2) is 8.32 Å². The predicted molar refractivity (Wildman–Crippen MR) is 87.5 cm³/mol. The number of halogens is 3. The number of hydrogen-bond donors (Lipinski definition) is 2. The topological polar surface area (TPSA) is 47.3 Å². The molecule has 0 saturated heterocycles. The molecule has 0 aliphatic heterocycles. The molecule has 0 spiro atoms. The Morgan fingerprint density at radius 1 is 1.18 bits per heavy atom. The van der Waals surface area contributed by atoms with Crippen molar-refractivity contribution in [3.63, 3.8) is 0 Å². The summed E-state index contributed by atoms with van der Waals surface area (Å²) in [4.78, 5) is 0. The van der Waals surface area contributed by atoms with Crippen molar-refractivity contribution < 1.29 is 17.6 Å². The Morgan fingerprint density at radius 3 is 2.23 bits per heavy atom. The minimum absolute atomic E-state index is 0.0853. The summed E-state index contributed by atoms with van der Waals surface area (Å²) < 4.78 is 43.7. The molecule has 126 valence electrons. The fourth-order valence-corrected chi connectivity index (χ4v) is 2.65. The van der Waals surface area contributed by atoms with Crippen molar-refractivity contribution >= 4 is 19.7 Å². The van der Waals surface area contributed by atoms with Crippen molar-refractivity contribution in [1.29, 1.82) is 0 Å². The van der Waals surface area contributed by atoms with Crippen LogP contribution in [0.5, 0.6) is 0 Å². The van der Waals surface area contributed by atoms with Crippen LogP contribution in [0.15, 0.2) is 18.2 Å². The molecule has 0 atom stereocenters. The lowest BCUT2D eigenvalue weighted by Gasteiger charge is -2.36. The molecule has 1 aromatic rings. The Kier molecular flexibility index (Phi) is 5.56. The van der Waals surface area contributed by atoms with Gasteiger partial charge in [0.05, 0.1) is 23.5 Å². The van der Waals surface area contributed by atoms with Crippen molar-refractivity contribution in [1.82, 2.24) is 0 Å². The van der Waals surface area contributed by atoms with Crippen molar-refractivity contribution in [2.45, 2.75) is 45.1 Å². The summed E-state index contributed by atoms with van der Waals surface area (Å²) in [6.07, 6.45) is -4.38. The first kappa shape index (κ1) is 18.8. The number of hydrogen-bond acceptors (Lipinski definition) is 3. The van der Waals surface area contributed by atoms with Gasteiger partial charge in [0, 0.05) is 6.54 Å². The maximum absolute atomic E-state index is 12.6. The molecular weight excluding hydrogens is 309 g/mol. The molecule has 1 aromatic carbocycles. The lowest BCUT2D eigenvalue weighted by atomic mass is 10.1. The summed E-state index contributed by atoms with van der Waals surface area (Å²) in [5, 5.41) is 3.15. The van der Waals surface area contributed by atoms with Crippen LogP contribution in [0.4, 0.5) is 24.5 Å². The molecule has 0 aromatic heterocycles. The minimum Gasteiger partial charge on any atom is -0.415 e. The Labute approximate surface area is 131 Å². The minimum atomic E-state index is -4.38. The number of nitrogens with two attached hydrogens (primary N) is 1. The summed E-state index contributed by atoms with van der Waals surface area (Å²) in [7, 11) is -1.81. The lowest BCUT2D eigenvalue weighted by molar-refractivity contribution is -0.137. The fraction of sp³-hybridized carbons (Fsp3) is 0.600. The van der Waals surface area contributed by atoms with E-state index >= 15 is 0 Å². The van der Waals surface area contributed by atoms with Crippen LogP contribution in [-0.4, -0.2) is 21.5 Å². The van der Waals surface area contributed by atoms with E-state index in [1.54, 1.807) is 0 Å². The van der Waals surface area contributed by atoms with E-state index < -0.39 is 20.1 Å². The smallest absolute Gasteiger partial charge is 0.415 e. The number of rotatable bonds is 5. The van der Waals surface area contributed by atoms with Gasteiger partial charge in [-0.2, -0.15) is 13.2 Å². The number of anilines is 2. The van der Waals surface area contributed by atoms with Crippen molar-refractivity contribution in [2.75, 3.05) is 24.2 Å². The third-order valence-electron chi connectivity index (χ3n) is 4.07. The number of benzene rings is 1. The van der Waals surface area contributed by atoms with E-state index in [2.05, 4.69) is 39.2 Å². The maximum atomic E-state index is 12.6. The van der Waals surface area contributed by atoms with Crippen LogP contribution in [0.1, 0.15) is 26.3 Å². The monoisotopic (exact) mass is 334 g/mol. The highest BCUT2D eigenvalue weighted by atomic mass is 28.4. The Morgan fingerprint density at radius 2 is 1.77 bits per heavy atom.